The molecule has 5 rings (SSSR count). The summed E-state index contributed by atoms with van der Waals surface area (Å²) in [6, 6.07) is 16.1. The summed E-state index contributed by atoms with van der Waals surface area (Å²) in [6.45, 7) is 0.801. The highest BCUT2D eigenvalue weighted by molar-refractivity contribution is 6.41. The molecule has 2 N–H and O–H groups in total. The molecule has 0 aliphatic rings. The van der Waals surface area contributed by atoms with Crippen LogP contribution < -0.4 is 25.7 Å². The third-order valence-corrected chi connectivity index (χ3v) is 7.78. The van der Waals surface area contributed by atoms with E-state index in [2.05, 4.69) is 20.6 Å². The van der Waals surface area contributed by atoms with Crippen molar-refractivity contribution in [2.45, 2.75) is 6.54 Å². The van der Waals surface area contributed by atoms with Gasteiger partial charge in [-0.05, 0) is 50.0 Å². The number of nitrogens with one attached hydrogen (secondary N) is 2. The minimum Gasteiger partial charge on any atom is -0.495 e. The van der Waals surface area contributed by atoms with Crippen molar-refractivity contribution in [3.05, 3.63) is 111 Å². The molecule has 3 aromatic heterocycles. The van der Waals surface area contributed by atoms with Gasteiger partial charge < -0.3 is 29.6 Å². The molecule has 0 fully saturated rings. The molecular weight excluding hydrogens is 627 g/mol. The van der Waals surface area contributed by atoms with Gasteiger partial charge in [-0.15, -0.1) is 0 Å². The summed E-state index contributed by atoms with van der Waals surface area (Å²) in [4.78, 5) is 37.6. The second-order valence-corrected chi connectivity index (χ2v) is 11.3. The number of likely N-dealkylation sites (N-methyl/N-ethyl adjacent to an activating group) is 1. The Balaban J connectivity index is 1.63. The van der Waals surface area contributed by atoms with Crippen LogP contribution in [0.25, 0.3) is 22.0 Å². The molecule has 0 aliphatic carbocycles. The minimum atomic E-state index is -0.355. The second-order valence-electron chi connectivity index (χ2n) is 10.6. The zero-order valence-electron chi connectivity index (χ0n) is 25.7. The number of benzene rings is 2. The molecule has 12 heteroatoms. The lowest BCUT2D eigenvalue weighted by molar-refractivity contribution is -0.111. The lowest BCUT2D eigenvalue weighted by atomic mass is 10.0. The highest BCUT2D eigenvalue weighted by Gasteiger charge is 2.23. The van der Waals surface area contributed by atoms with Crippen molar-refractivity contribution < 1.29 is 14.3 Å². The Hall–Kier alpha value is -4.90. The number of fused-ring (bicyclic) bond motifs is 1. The smallest absolute Gasteiger partial charge is 0.259 e. The van der Waals surface area contributed by atoms with Gasteiger partial charge in [-0.3, -0.25) is 14.6 Å². The van der Waals surface area contributed by atoms with E-state index in [0.29, 0.717) is 40.5 Å². The van der Waals surface area contributed by atoms with Crippen molar-refractivity contribution in [1.82, 2.24) is 19.4 Å². The average molecular weight is 660 g/mol. The van der Waals surface area contributed by atoms with Gasteiger partial charge >= 0.3 is 0 Å². The topological polar surface area (TPSA) is 111 Å². The van der Waals surface area contributed by atoms with Crippen LogP contribution in [0.2, 0.25) is 10.0 Å². The van der Waals surface area contributed by atoms with Crippen LogP contribution in [0.4, 0.5) is 17.2 Å². The van der Waals surface area contributed by atoms with Crippen LogP contribution in [-0.2, 0) is 11.3 Å². The third kappa shape index (κ3) is 7.31. The SMILES string of the molecule is COc1cc(OC)c(Cl)c(-c2cc3cnc(Nc4cccnc4)cc3n(Cc3cccc(NC(=O)/C=C/CN(C)C)c3)c2=O)c1Cl. The van der Waals surface area contributed by atoms with Crippen LogP contribution in [0.1, 0.15) is 5.56 Å². The maximum Gasteiger partial charge on any atom is 0.259 e. The lowest BCUT2D eigenvalue weighted by Gasteiger charge is -2.18. The number of rotatable bonds is 11. The van der Waals surface area contributed by atoms with Crippen LogP contribution in [0.15, 0.2) is 90.1 Å². The van der Waals surface area contributed by atoms with E-state index in [1.807, 2.05) is 49.3 Å². The molecule has 46 heavy (non-hydrogen) atoms. The zero-order valence-corrected chi connectivity index (χ0v) is 27.2. The molecule has 236 valence electrons. The molecule has 0 unspecified atom stereocenters. The van der Waals surface area contributed by atoms with Crippen molar-refractivity contribution in [1.29, 1.82) is 0 Å². The van der Waals surface area contributed by atoms with Gasteiger partial charge in [0.25, 0.3) is 5.56 Å². The predicted molar refractivity (Wildman–Crippen MR) is 184 cm³/mol. The molecular formula is C34H32Cl2N6O4. The minimum absolute atomic E-state index is 0.163. The third-order valence-electron chi connectivity index (χ3n) is 7.03. The molecule has 0 atom stereocenters. The second kappa shape index (κ2) is 14.5. The number of carbonyl (C=O) groups excluding carboxylic acids is 1. The van der Waals surface area contributed by atoms with Crippen molar-refractivity contribution in [3.63, 3.8) is 0 Å². The number of pyridine rings is 3. The van der Waals surface area contributed by atoms with Crippen LogP contribution in [0.3, 0.4) is 0 Å². The average Bonchev–Trinajstić information content (AvgIpc) is 3.04. The summed E-state index contributed by atoms with van der Waals surface area (Å²) < 4.78 is 12.6. The molecule has 0 radical (unpaired) electrons. The monoisotopic (exact) mass is 658 g/mol. The van der Waals surface area contributed by atoms with Gasteiger partial charge in [-0.2, -0.15) is 0 Å². The summed E-state index contributed by atoms with van der Waals surface area (Å²) in [5.74, 6) is 0.880. The first-order chi connectivity index (χ1) is 22.2. The number of anilines is 3. The van der Waals surface area contributed by atoms with Gasteiger partial charge in [0.1, 0.15) is 17.3 Å². The van der Waals surface area contributed by atoms with Crippen LogP contribution >= 0.6 is 23.2 Å². The fourth-order valence-electron chi connectivity index (χ4n) is 4.87. The summed E-state index contributed by atoms with van der Waals surface area (Å²) in [6.07, 6.45) is 8.30. The Morgan fingerprint density at radius 1 is 0.978 bits per heavy atom. The van der Waals surface area contributed by atoms with Crippen molar-refractivity contribution in [2.24, 2.45) is 0 Å². The highest BCUT2D eigenvalue weighted by atomic mass is 35.5. The van der Waals surface area contributed by atoms with Crippen molar-refractivity contribution in [2.75, 3.05) is 45.5 Å². The lowest BCUT2D eigenvalue weighted by Crippen LogP contribution is -2.23. The number of methoxy groups -OCH3 is 2. The molecule has 5 aromatic rings. The quantitative estimate of drug-likeness (QED) is 0.152. The van der Waals surface area contributed by atoms with Gasteiger partial charge in [0.15, 0.2) is 0 Å². The van der Waals surface area contributed by atoms with E-state index in [1.54, 1.807) is 53.5 Å². The van der Waals surface area contributed by atoms with E-state index in [-0.39, 0.29) is 39.2 Å². The molecule has 0 bridgehead atoms. The summed E-state index contributed by atoms with van der Waals surface area (Å²) in [7, 11) is 6.79. The molecule has 2 aromatic carbocycles. The Kier molecular flexibility index (Phi) is 10.2. The van der Waals surface area contributed by atoms with Crippen LogP contribution in [-0.4, -0.2) is 60.2 Å². The van der Waals surface area contributed by atoms with Gasteiger partial charge in [0.05, 0.1) is 53.8 Å². The van der Waals surface area contributed by atoms with E-state index < -0.39 is 0 Å². The number of amides is 1. The Morgan fingerprint density at radius 3 is 2.39 bits per heavy atom. The normalized spacial score (nSPS) is 11.3. The van der Waals surface area contributed by atoms with E-state index in [1.165, 1.54) is 20.3 Å². The first kappa shape index (κ1) is 32.5. The number of halogens is 2. The largest absolute Gasteiger partial charge is 0.495 e. The molecule has 0 spiro atoms. The summed E-state index contributed by atoms with van der Waals surface area (Å²) >= 11 is 13.5. The van der Waals surface area contributed by atoms with Gasteiger partial charge in [-0.25, -0.2) is 4.98 Å². The fourth-order valence-corrected chi connectivity index (χ4v) is 5.57. The number of hydrogen-bond acceptors (Lipinski definition) is 8. The Labute approximate surface area is 276 Å². The highest BCUT2D eigenvalue weighted by Crippen LogP contribution is 2.45. The molecule has 1 amide bonds. The number of ether oxygens (including phenoxy) is 2. The zero-order chi connectivity index (χ0) is 32.8. The van der Waals surface area contributed by atoms with Gasteiger partial charge in [0, 0.05) is 53.8 Å². The number of hydrogen-bond donors (Lipinski definition) is 2. The summed E-state index contributed by atoms with van der Waals surface area (Å²) in [5.41, 5.74) is 2.88. The number of aromatic nitrogens is 3. The first-order valence-corrected chi connectivity index (χ1v) is 15.0. The van der Waals surface area contributed by atoms with Crippen molar-refractivity contribution >= 4 is 57.2 Å². The maximum atomic E-state index is 14.4. The Bertz CT molecular complexity index is 1950. The van der Waals surface area contributed by atoms with Crippen LogP contribution in [0, 0.1) is 0 Å². The van der Waals surface area contributed by atoms with Crippen LogP contribution in [0.5, 0.6) is 11.5 Å². The van der Waals surface area contributed by atoms with E-state index in [0.717, 1.165) is 11.3 Å². The number of carbonyl (C=O) groups is 1. The molecule has 10 nitrogen and oxygen atoms in total. The predicted octanol–water partition coefficient (Wildman–Crippen LogP) is 6.63. The summed E-state index contributed by atoms with van der Waals surface area (Å²) in [5, 5.41) is 7.13. The van der Waals surface area contributed by atoms with E-state index in [4.69, 9.17) is 32.7 Å². The van der Waals surface area contributed by atoms with Gasteiger partial charge in [0.2, 0.25) is 5.91 Å². The molecule has 0 saturated heterocycles. The number of nitrogens with zero attached hydrogens (tertiary/aromatic N) is 4. The molecule has 0 saturated carbocycles. The maximum absolute atomic E-state index is 14.4. The molecule has 0 aliphatic heterocycles. The fraction of sp³-hybridized carbons (Fsp3) is 0.176. The van der Waals surface area contributed by atoms with Crippen molar-refractivity contribution in [3.8, 4) is 22.6 Å². The molecule has 3 heterocycles. The first-order valence-electron chi connectivity index (χ1n) is 14.2. The van der Waals surface area contributed by atoms with E-state index >= 15 is 0 Å². The van der Waals surface area contributed by atoms with E-state index in [9.17, 15) is 9.59 Å². The standard InChI is InChI=1S/C34H32Cl2N6O4/c1-41(2)13-7-11-30(43)40-23-9-5-8-21(14-23)20-42-26-16-29(39-24-10-6-12-37-19-24)38-18-22(26)15-25(34(42)44)31-32(35)27(45-3)17-28(46-4)33(31)36/h5-12,14-19H,13,20H2,1-4H3,(H,38,39)(H,40,43)/b11-7+. The Morgan fingerprint density at radius 2 is 1.72 bits per heavy atom. The van der Waals surface area contributed by atoms with Gasteiger partial charge in [-0.1, -0.05) is 41.4 Å².